The van der Waals surface area contributed by atoms with Gasteiger partial charge in [0.05, 0.1) is 0 Å². The zero-order valence-corrected chi connectivity index (χ0v) is 5.59. The van der Waals surface area contributed by atoms with Gasteiger partial charge in [-0.3, -0.25) is 9.79 Å². The molecule has 0 aliphatic rings. The second-order valence-corrected chi connectivity index (χ2v) is 2.53. The summed E-state index contributed by atoms with van der Waals surface area (Å²) in [5, 5.41) is 0. The molecule has 0 amide bonds. The van der Waals surface area contributed by atoms with E-state index in [-0.39, 0.29) is 0 Å². The Morgan fingerprint density at radius 2 is 1.73 bits per heavy atom. The molecular weight excluding hydrogens is 192 g/mol. The van der Waals surface area contributed by atoms with Gasteiger partial charge in [0.1, 0.15) is 0 Å². The second-order valence-electron chi connectivity index (χ2n) is 1.37. The molecule has 0 aromatic carbocycles. The molecule has 0 aliphatic carbocycles. The van der Waals surface area contributed by atoms with E-state index in [1.807, 2.05) is 0 Å². The van der Waals surface area contributed by atoms with Crippen molar-refractivity contribution in [3.8, 4) is 0 Å². The van der Waals surface area contributed by atoms with Crippen molar-refractivity contribution < 1.29 is 36.8 Å². The number of hydrogen-bond donors (Lipinski definition) is 2. The number of hydrogen-bond acceptors (Lipinski definition) is 3. The van der Waals surface area contributed by atoms with Gasteiger partial charge >= 0.3 is 20.0 Å². The van der Waals surface area contributed by atoms with Crippen molar-refractivity contribution in [2.24, 2.45) is 0 Å². The fraction of sp³-hybridized carbons (Fsp3) is 0.500. The van der Waals surface area contributed by atoms with E-state index in [4.69, 9.17) is 9.79 Å². The van der Waals surface area contributed by atoms with Gasteiger partial charge in [0, 0.05) is 0 Å². The van der Waals surface area contributed by atoms with Gasteiger partial charge in [0.25, 0.3) is 0 Å². The van der Waals surface area contributed by atoms with Crippen molar-refractivity contribution in [1.29, 1.82) is 0 Å². The molecule has 0 spiro atoms. The predicted molar refractivity (Wildman–Crippen MR) is 24.2 cm³/mol. The SMILES string of the molecule is O=C(OP(=O)(O)O)C(F)(F)F. The van der Waals surface area contributed by atoms with Crippen molar-refractivity contribution >= 4 is 13.8 Å². The lowest BCUT2D eigenvalue weighted by Crippen LogP contribution is -2.24. The van der Waals surface area contributed by atoms with Crippen molar-refractivity contribution in [2.45, 2.75) is 6.18 Å². The van der Waals surface area contributed by atoms with Gasteiger partial charge in [-0.1, -0.05) is 0 Å². The lowest BCUT2D eigenvalue weighted by molar-refractivity contribution is -0.191. The van der Waals surface area contributed by atoms with Crippen LogP contribution in [0.3, 0.4) is 0 Å². The molecule has 0 saturated carbocycles. The van der Waals surface area contributed by atoms with E-state index in [1.54, 1.807) is 0 Å². The Morgan fingerprint density at radius 3 is 1.82 bits per heavy atom. The zero-order valence-electron chi connectivity index (χ0n) is 4.70. The summed E-state index contributed by atoms with van der Waals surface area (Å²) >= 11 is 0. The van der Waals surface area contributed by atoms with E-state index in [9.17, 15) is 22.5 Å². The van der Waals surface area contributed by atoms with Crippen LogP contribution in [0.5, 0.6) is 0 Å². The van der Waals surface area contributed by atoms with Crippen LogP contribution in [0.25, 0.3) is 0 Å². The Labute approximate surface area is 58.0 Å². The average molecular weight is 194 g/mol. The highest BCUT2D eigenvalue weighted by atomic mass is 31.2. The molecule has 0 bridgehead atoms. The molecular formula is C2H2F3O5P. The fourth-order valence-electron chi connectivity index (χ4n) is 0.160. The summed E-state index contributed by atoms with van der Waals surface area (Å²) in [7, 11) is -5.39. The highest BCUT2D eigenvalue weighted by Crippen LogP contribution is 2.38. The fourth-order valence-corrected chi connectivity index (χ4v) is 0.479. The Morgan fingerprint density at radius 1 is 1.36 bits per heavy atom. The molecule has 0 rings (SSSR count). The number of phosphoric ester groups is 1. The molecule has 0 aliphatic heterocycles. The minimum Gasteiger partial charge on any atom is -0.364 e. The van der Waals surface area contributed by atoms with Crippen LogP contribution in [0.15, 0.2) is 0 Å². The molecule has 2 N–H and O–H groups in total. The minimum atomic E-state index is -5.39. The van der Waals surface area contributed by atoms with Gasteiger partial charge in [-0.25, -0.2) is 9.36 Å². The quantitative estimate of drug-likeness (QED) is 0.581. The number of halogens is 3. The van der Waals surface area contributed by atoms with Gasteiger partial charge in [0.15, 0.2) is 0 Å². The van der Waals surface area contributed by atoms with Gasteiger partial charge in [-0.15, -0.1) is 0 Å². The van der Waals surface area contributed by atoms with Crippen LogP contribution >= 0.6 is 7.82 Å². The smallest absolute Gasteiger partial charge is 0.364 e. The normalized spacial score (nSPS) is 12.8. The molecule has 66 valence electrons. The van der Waals surface area contributed by atoms with Crippen LogP contribution in [0.2, 0.25) is 0 Å². The first kappa shape index (κ1) is 10.4. The summed E-state index contributed by atoms with van der Waals surface area (Å²) in [4.78, 5) is 25.1. The average Bonchev–Trinajstić information content (AvgIpc) is 1.56. The molecule has 0 unspecified atom stereocenters. The zero-order chi connectivity index (χ0) is 9.28. The van der Waals surface area contributed by atoms with Crippen LogP contribution in [-0.2, 0) is 13.9 Å². The van der Waals surface area contributed by atoms with E-state index in [0.29, 0.717) is 0 Å². The van der Waals surface area contributed by atoms with E-state index in [2.05, 4.69) is 4.52 Å². The number of carbonyl (C=O) groups is 1. The number of phosphoric acid groups is 1. The lowest BCUT2D eigenvalue weighted by Gasteiger charge is -2.06. The van der Waals surface area contributed by atoms with Crippen molar-refractivity contribution in [2.75, 3.05) is 0 Å². The maximum Gasteiger partial charge on any atom is 0.527 e. The Bertz CT molecular complexity index is 202. The second kappa shape index (κ2) is 2.80. The molecule has 0 aromatic rings. The van der Waals surface area contributed by atoms with E-state index >= 15 is 0 Å². The third kappa shape index (κ3) is 4.77. The van der Waals surface area contributed by atoms with Crippen molar-refractivity contribution in [1.82, 2.24) is 0 Å². The van der Waals surface area contributed by atoms with Crippen molar-refractivity contribution in [3.63, 3.8) is 0 Å². The van der Waals surface area contributed by atoms with E-state index in [0.717, 1.165) is 0 Å². The van der Waals surface area contributed by atoms with Crippen LogP contribution in [0.1, 0.15) is 0 Å². The van der Waals surface area contributed by atoms with Crippen LogP contribution < -0.4 is 0 Å². The summed E-state index contributed by atoms with van der Waals surface area (Å²) in [5.41, 5.74) is 0. The summed E-state index contributed by atoms with van der Waals surface area (Å²) in [6, 6.07) is 0. The number of carbonyl (C=O) groups excluding carboxylic acids is 1. The maximum atomic E-state index is 11.2. The summed E-state index contributed by atoms with van der Waals surface area (Å²) in [6.45, 7) is 0. The summed E-state index contributed by atoms with van der Waals surface area (Å²) in [5.74, 6) is -2.91. The van der Waals surface area contributed by atoms with Crippen molar-refractivity contribution in [3.05, 3.63) is 0 Å². The molecule has 0 radical (unpaired) electrons. The van der Waals surface area contributed by atoms with E-state index in [1.165, 1.54) is 0 Å². The number of rotatable bonds is 1. The monoisotopic (exact) mass is 194 g/mol. The standard InChI is InChI=1S/C2H2F3O5P/c3-2(4,5)1(6)10-11(7,8)9/h(H2,7,8,9). The molecule has 9 heteroatoms. The maximum absolute atomic E-state index is 11.2. The third-order valence-electron chi connectivity index (χ3n) is 0.433. The number of alkyl halides is 3. The molecule has 5 nitrogen and oxygen atoms in total. The first-order chi connectivity index (χ1) is 4.63. The van der Waals surface area contributed by atoms with Crippen LogP contribution in [0, 0.1) is 0 Å². The molecule has 0 heterocycles. The lowest BCUT2D eigenvalue weighted by atomic mass is 10.7. The highest BCUT2D eigenvalue weighted by molar-refractivity contribution is 7.46. The van der Waals surface area contributed by atoms with Gasteiger partial charge < -0.3 is 4.52 Å². The first-order valence-corrected chi connectivity index (χ1v) is 3.52. The van der Waals surface area contributed by atoms with Crippen LogP contribution in [0.4, 0.5) is 13.2 Å². The molecule has 0 atom stereocenters. The third-order valence-corrected chi connectivity index (χ3v) is 0.837. The van der Waals surface area contributed by atoms with Crippen LogP contribution in [-0.4, -0.2) is 21.9 Å². The van der Waals surface area contributed by atoms with Gasteiger partial charge in [-0.2, -0.15) is 13.2 Å². The van der Waals surface area contributed by atoms with E-state index < -0.39 is 20.0 Å². The predicted octanol–water partition coefficient (Wildman–Crippen LogP) is 0.185. The largest absolute Gasteiger partial charge is 0.527 e. The first-order valence-electron chi connectivity index (χ1n) is 1.99. The van der Waals surface area contributed by atoms with Gasteiger partial charge in [-0.05, 0) is 0 Å². The molecule has 0 fully saturated rings. The molecule has 11 heavy (non-hydrogen) atoms. The Hall–Kier alpha value is -0.590. The molecule has 0 aromatic heterocycles. The summed E-state index contributed by atoms with van der Waals surface area (Å²) in [6.07, 6.45) is -5.39. The highest BCUT2D eigenvalue weighted by Gasteiger charge is 2.44. The summed E-state index contributed by atoms with van der Waals surface area (Å²) < 4.78 is 45.8. The molecule has 0 saturated heterocycles. The topological polar surface area (TPSA) is 83.8 Å². The van der Waals surface area contributed by atoms with Gasteiger partial charge in [0.2, 0.25) is 0 Å². The Kier molecular flexibility index (Phi) is 2.65. The Balaban J connectivity index is 4.23. The minimum absolute atomic E-state index is 2.70.